The fourth-order valence-corrected chi connectivity index (χ4v) is 3.56. The number of benzene rings is 2. The highest BCUT2D eigenvalue weighted by Crippen LogP contribution is 2.33. The molecule has 0 atom stereocenters. The smallest absolute Gasteiger partial charge is 0.230 e. The molecule has 0 aliphatic heterocycles. The van der Waals surface area contributed by atoms with Crippen LogP contribution in [-0.4, -0.2) is 16.5 Å². The zero-order chi connectivity index (χ0) is 18.7. The number of nitrogens with zero attached hydrogens (tertiary/aromatic N) is 3. The molecule has 0 fully saturated rings. The molecule has 3 rings (SSSR count). The maximum absolute atomic E-state index is 4.84. The standard InChI is InChI=1S/C22H24BrN3/c1-5-26(21-12-11-18(15(2)3)14-19(21)23)22-24-16(4)13-20(25-22)17-9-7-6-8-10-17/h6-15H,5H2,1-4H3. The Bertz CT molecular complexity index is 891. The highest BCUT2D eigenvalue weighted by molar-refractivity contribution is 9.10. The van der Waals surface area contributed by atoms with E-state index in [-0.39, 0.29) is 0 Å². The third-order valence-corrected chi connectivity index (χ3v) is 5.03. The van der Waals surface area contributed by atoms with Gasteiger partial charge in [0.1, 0.15) is 0 Å². The Balaban J connectivity index is 2.05. The maximum Gasteiger partial charge on any atom is 0.230 e. The van der Waals surface area contributed by atoms with Crippen molar-refractivity contribution in [3.05, 3.63) is 70.3 Å². The minimum Gasteiger partial charge on any atom is -0.310 e. The van der Waals surface area contributed by atoms with E-state index in [2.05, 4.69) is 71.9 Å². The molecular weight excluding hydrogens is 386 g/mol. The number of hydrogen-bond donors (Lipinski definition) is 0. The first-order valence-electron chi connectivity index (χ1n) is 8.97. The molecule has 0 radical (unpaired) electrons. The van der Waals surface area contributed by atoms with Crippen LogP contribution < -0.4 is 4.90 Å². The maximum atomic E-state index is 4.84. The zero-order valence-corrected chi connectivity index (χ0v) is 17.3. The van der Waals surface area contributed by atoms with Gasteiger partial charge in [-0.15, -0.1) is 0 Å². The van der Waals surface area contributed by atoms with Crippen LogP contribution in [0, 0.1) is 6.92 Å². The number of rotatable bonds is 5. The normalized spacial score (nSPS) is 11.0. The molecule has 0 saturated heterocycles. The molecule has 0 amide bonds. The first kappa shape index (κ1) is 18.6. The summed E-state index contributed by atoms with van der Waals surface area (Å²) in [6.45, 7) is 9.33. The molecule has 2 aromatic carbocycles. The molecule has 0 spiro atoms. The van der Waals surface area contributed by atoms with Crippen LogP contribution in [0.5, 0.6) is 0 Å². The molecule has 0 aliphatic rings. The highest BCUT2D eigenvalue weighted by Gasteiger charge is 2.16. The van der Waals surface area contributed by atoms with Crippen molar-refractivity contribution in [2.24, 2.45) is 0 Å². The van der Waals surface area contributed by atoms with Crippen LogP contribution >= 0.6 is 15.9 Å². The molecule has 0 saturated carbocycles. The molecule has 0 bridgehead atoms. The Morgan fingerprint density at radius 1 is 1.00 bits per heavy atom. The Kier molecular flexibility index (Phi) is 5.72. The van der Waals surface area contributed by atoms with Gasteiger partial charge in [-0.3, -0.25) is 0 Å². The van der Waals surface area contributed by atoms with Gasteiger partial charge in [-0.2, -0.15) is 0 Å². The van der Waals surface area contributed by atoms with E-state index >= 15 is 0 Å². The third kappa shape index (κ3) is 3.96. The number of anilines is 2. The molecule has 0 aliphatic carbocycles. The van der Waals surface area contributed by atoms with Gasteiger partial charge < -0.3 is 4.90 Å². The van der Waals surface area contributed by atoms with Gasteiger partial charge in [0.25, 0.3) is 0 Å². The Labute approximate surface area is 164 Å². The molecular formula is C22H24BrN3. The molecule has 1 heterocycles. The van der Waals surface area contributed by atoms with E-state index in [9.17, 15) is 0 Å². The van der Waals surface area contributed by atoms with Crippen LogP contribution in [0.4, 0.5) is 11.6 Å². The molecule has 3 aromatic rings. The topological polar surface area (TPSA) is 29.0 Å². The van der Waals surface area contributed by atoms with Gasteiger partial charge in [0.05, 0.1) is 11.4 Å². The molecule has 3 nitrogen and oxygen atoms in total. The van der Waals surface area contributed by atoms with Crippen LogP contribution in [0.3, 0.4) is 0 Å². The third-order valence-electron chi connectivity index (χ3n) is 4.40. The van der Waals surface area contributed by atoms with Crippen molar-refractivity contribution in [3.63, 3.8) is 0 Å². The Morgan fingerprint density at radius 2 is 1.73 bits per heavy atom. The van der Waals surface area contributed by atoms with Crippen molar-refractivity contribution >= 4 is 27.6 Å². The predicted octanol–water partition coefficient (Wildman–Crippen LogP) is 6.50. The summed E-state index contributed by atoms with van der Waals surface area (Å²) < 4.78 is 1.07. The lowest BCUT2D eigenvalue weighted by molar-refractivity contribution is 0.863. The van der Waals surface area contributed by atoms with Crippen LogP contribution in [0.15, 0.2) is 59.1 Å². The van der Waals surface area contributed by atoms with E-state index in [1.54, 1.807) is 0 Å². The number of halogens is 1. The van der Waals surface area contributed by atoms with Crippen LogP contribution in [0.1, 0.15) is 37.9 Å². The van der Waals surface area contributed by atoms with E-state index in [0.29, 0.717) is 5.92 Å². The van der Waals surface area contributed by atoms with Gasteiger partial charge in [0.2, 0.25) is 5.95 Å². The van der Waals surface area contributed by atoms with Gasteiger partial charge in [0.15, 0.2) is 0 Å². The van der Waals surface area contributed by atoms with Crippen molar-refractivity contribution in [1.82, 2.24) is 9.97 Å². The van der Waals surface area contributed by atoms with Crippen molar-refractivity contribution in [2.45, 2.75) is 33.6 Å². The van der Waals surface area contributed by atoms with E-state index < -0.39 is 0 Å². The summed E-state index contributed by atoms with van der Waals surface area (Å²) in [6, 6.07) is 18.8. The lowest BCUT2D eigenvalue weighted by atomic mass is 10.0. The van der Waals surface area contributed by atoms with Crippen molar-refractivity contribution in [1.29, 1.82) is 0 Å². The zero-order valence-electron chi connectivity index (χ0n) is 15.7. The van der Waals surface area contributed by atoms with Crippen molar-refractivity contribution < 1.29 is 0 Å². The quantitative estimate of drug-likeness (QED) is 0.481. The van der Waals surface area contributed by atoms with Gasteiger partial charge in [-0.25, -0.2) is 9.97 Å². The molecule has 134 valence electrons. The summed E-state index contributed by atoms with van der Waals surface area (Å²) in [5, 5.41) is 0. The first-order valence-corrected chi connectivity index (χ1v) is 9.77. The summed E-state index contributed by atoms with van der Waals surface area (Å²) in [6.07, 6.45) is 0. The van der Waals surface area contributed by atoms with E-state index in [0.717, 1.165) is 39.6 Å². The summed E-state index contributed by atoms with van der Waals surface area (Å²) in [5.74, 6) is 1.22. The van der Waals surface area contributed by atoms with Crippen LogP contribution in [0.2, 0.25) is 0 Å². The van der Waals surface area contributed by atoms with Crippen molar-refractivity contribution in [3.8, 4) is 11.3 Å². The lowest BCUT2D eigenvalue weighted by Crippen LogP contribution is -2.20. The monoisotopic (exact) mass is 409 g/mol. The largest absolute Gasteiger partial charge is 0.310 e. The average molecular weight is 410 g/mol. The Morgan fingerprint density at radius 3 is 2.35 bits per heavy atom. The molecule has 1 aromatic heterocycles. The lowest BCUT2D eigenvalue weighted by Gasteiger charge is -2.24. The van der Waals surface area contributed by atoms with Crippen molar-refractivity contribution in [2.75, 3.05) is 11.4 Å². The summed E-state index contributed by atoms with van der Waals surface area (Å²) in [5.41, 5.74) is 5.40. The Hall–Kier alpha value is -2.20. The molecule has 0 unspecified atom stereocenters. The number of aromatic nitrogens is 2. The molecule has 4 heteroatoms. The van der Waals surface area contributed by atoms with E-state index in [1.165, 1.54) is 5.56 Å². The second-order valence-corrected chi connectivity index (χ2v) is 7.52. The second-order valence-electron chi connectivity index (χ2n) is 6.67. The highest BCUT2D eigenvalue weighted by atomic mass is 79.9. The van der Waals surface area contributed by atoms with Gasteiger partial charge in [-0.1, -0.05) is 50.2 Å². The fourth-order valence-electron chi connectivity index (χ4n) is 2.95. The minimum atomic E-state index is 0.496. The van der Waals surface area contributed by atoms with Gasteiger partial charge in [-0.05, 0) is 59.5 Å². The van der Waals surface area contributed by atoms with E-state index in [4.69, 9.17) is 9.97 Å². The fraction of sp³-hybridized carbons (Fsp3) is 0.273. The molecule has 26 heavy (non-hydrogen) atoms. The number of aryl methyl sites for hydroxylation is 1. The minimum absolute atomic E-state index is 0.496. The van der Waals surface area contributed by atoms with Crippen LogP contribution in [0.25, 0.3) is 11.3 Å². The second kappa shape index (κ2) is 8.00. The predicted molar refractivity (Wildman–Crippen MR) is 113 cm³/mol. The summed E-state index contributed by atoms with van der Waals surface area (Å²) in [4.78, 5) is 11.7. The summed E-state index contributed by atoms with van der Waals surface area (Å²) >= 11 is 3.74. The number of hydrogen-bond acceptors (Lipinski definition) is 3. The van der Waals surface area contributed by atoms with Crippen LogP contribution in [-0.2, 0) is 0 Å². The molecule has 0 N–H and O–H groups in total. The first-order chi connectivity index (χ1) is 12.5. The van der Waals surface area contributed by atoms with Gasteiger partial charge in [0, 0.05) is 22.3 Å². The summed E-state index contributed by atoms with van der Waals surface area (Å²) in [7, 11) is 0. The van der Waals surface area contributed by atoms with E-state index in [1.807, 2.05) is 31.2 Å². The van der Waals surface area contributed by atoms with Gasteiger partial charge >= 0.3 is 0 Å². The average Bonchev–Trinajstić information content (AvgIpc) is 2.64. The SMILES string of the molecule is CCN(c1nc(C)cc(-c2ccccc2)n1)c1ccc(C(C)C)cc1Br.